The number of hydrogen-bond donors (Lipinski definition) is 3. The number of carbonyl (C=O) groups excluding carboxylic acids is 2. The SMILES string of the molecule is CC[C@H](CC(=O)Nc1cn(C)nc1C(=O)O)NC(=O)OCC1c2ccccc2-c2ccccc21. The van der Waals surface area contributed by atoms with Crippen molar-refractivity contribution in [2.75, 3.05) is 11.9 Å². The van der Waals surface area contributed by atoms with Crippen LogP contribution >= 0.6 is 0 Å². The van der Waals surface area contributed by atoms with E-state index < -0.39 is 24.0 Å². The van der Waals surface area contributed by atoms with Crippen LogP contribution in [-0.4, -0.2) is 45.5 Å². The van der Waals surface area contributed by atoms with Crippen LogP contribution in [0.4, 0.5) is 10.5 Å². The van der Waals surface area contributed by atoms with E-state index in [-0.39, 0.29) is 30.3 Å². The summed E-state index contributed by atoms with van der Waals surface area (Å²) < 4.78 is 6.86. The lowest BCUT2D eigenvalue weighted by Gasteiger charge is -2.18. The Morgan fingerprint density at radius 3 is 2.29 bits per heavy atom. The summed E-state index contributed by atoms with van der Waals surface area (Å²) in [6, 6.07) is 15.7. The maximum absolute atomic E-state index is 12.5. The second-order valence-electron chi connectivity index (χ2n) is 8.20. The lowest BCUT2D eigenvalue weighted by atomic mass is 9.98. The second-order valence-corrected chi connectivity index (χ2v) is 8.20. The van der Waals surface area contributed by atoms with Crippen molar-refractivity contribution in [2.24, 2.45) is 7.05 Å². The van der Waals surface area contributed by atoms with Crippen molar-refractivity contribution in [3.63, 3.8) is 0 Å². The molecule has 1 atom stereocenters. The third kappa shape index (κ3) is 4.78. The molecule has 0 aliphatic heterocycles. The Morgan fingerprint density at radius 2 is 1.71 bits per heavy atom. The molecule has 0 bridgehead atoms. The molecule has 0 spiro atoms. The van der Waals surface area contributed by atoms with E-state index in [0.717, 1.165) is 22.3 Å². The van der Waals surface area contributed by atoms with E-state index in [2.05, 4.69) is 27.9 Å². The molecular formula is C25H26N4O5. The third-order valence-corrected chi connectivity index (χ3v) is 5.90. The number of amides is 2. The minimum Gasteiger partial charge on any atom is -0.476 e. The van der Waals surface area contributed by atoms with Crippen molar-refractivity contribution < 1.29 is 24.2 Å². The largest absolute Gasteiger partial charge is 0.476 e. The summed E-state index contributed by atoms with van der Waals surface area (Å²) >= 11 is 0. The molecule has 0 saturated carbocycles. The van der Waals surface area contributed by atoms with Gasteiger partial charge in [0.15, 0.2) is 5.69 Å². The van der Waals surface area contributed by atoms with Gasteiger partial charge in [0, 0.05) is 31.6 Å². The van der Waals surface area contributed by atoms with Crippen LogP contribution in [0.1, 0.15) is 47.3 Å². The van der Waals surface area contributed by atoms with Crippen LogP contribution < -0.4 is 10.6 Å². The first kappa shape index (κ1) is 23.0. The number of carboxylic acids is 1. The topological polar surface area (TPSA) is 123 Å². The number of ether oxygens (including phenoxy) is 1. The lowest BCUT2D eigenvalue weighted by molar-refractivity contribution is -0.116. The van der Waals surface area contributed by atoms with Gasteiger partial charge in [0.1, 0.15) is 6.61 Å². The molecule has 3 N–H and O–H groups in total. The minimum atomic E-state index is -1.24. The standard InChI is InChI=1S/C25H26N4O5/c1-3-15(12-22(30)27-21-13-29(2)28-23(21)24(31)32)26-25(33)34-14-20-18-10-6-4-8-16(18)17-9-5-7-11-19(17)20/h4-11,13,15,20H,3,12,14H2,1-2H3,(H,26,33)(H,27,30)(H,31,32)/t15-/m1/s1. The quantitative estimate of drug-likeness (QED) is 0.468. The number of fused-ring (bicyclic) bond motifs is 3. The van der Waals surface area contributed by atoms with E-state index in [0.29, 0.717) is 6.42 Å². The summed E-state index contributed by atoms with van der Waals surface area (Å²) in [5.74, 6) is -1.72. The maximum Gasteiger partial charge on any atom is 0.407 e. The van der Waals surface area contributed by atoms with E-state index in [1.54, 1.807) is 7.05 Å². The highest BCUT2D eigenvalue weighted by Gasteiger charge is 2.29. The number of aromatic carboxylic acids is 1. The Morgan fingerprint density at radius 1 is 1.09 bits per heavy atom. The lowest BCUT2D eigenvalue weighted by Crippen LogP contribution is -2.38. The second kappa shape index (κ2) is 9.78. The summed E-state index contributed by atoms with van der Waals surface area (Å²) in [6.45, 7) is 2.02. The smallest absolute Gasteiger partial charge is 0.407 e. The highest BCUT2D eigenvalue weighted by molar-refractivity contribution is 5.99. The van der Waals surface area contributed by atoms with Crippen LogP contribution in [0.2, 0.25) is 0 Å². The summed E-state index contributed by atoms with van der Waals surface area (Å²) in [5, 5.41) is 18.3. The molecule has 2 aromatic carbocycles. The number of carbonyl (C=O) groups is 3. The molecule has 1 aromatic heterocycles. The van der Waals surface area contributed by atoms with Crippen LogP contribution in [0.5, 0.6) is 0 Å². The third-order valence-electron chi connectivity index (χ3n) is 5.90. The van der Waals surface area contributed by atoms with Crippen molar-refractivity contribution in [3.05, 3.63) is 71.5 Å². The zero-order valence-corrected chi connectivity index (χ0v) is 18.9. The number of alkyl carbamates (subject to hydrolysis) is 1. The van der Waals surface area contributed by atoms with E-state index >= 15 is 0 Å². The fourth-order valence-corrected chi connectivity index (χ4v) is 4.27. The van der Waals surface area contributed by atoms with Crippen LogP contribution in [0.25, 0.3) is 11.1 Å². The normalized spacial score (nSPS) is 13.0. The van der Waals surface area contributed by atoms with Crippen molar-refractivity contribution >= 4 is 23.7 Å². The molecule has 0 unspecified atom stereocenters. The number of aryl methyl sites for hydroxylation is 1. The van der Waals surface area contributed by atoms with Gasteiger partial charge in [0.2, 0.25) is 5.91 Å². The van der Waals surface area contributed by atoms with E-state index in [1.165, 1.54) is 10.9 Å². The van der Waals surface area contributed by atoms with Gasteiger partial charge in [0.05, 0.1) is 5.69 Å². The average Bonchev–Trinajstić information content (AvgIpc) is 3.34. The zero-order valence-electron chi connectivity index (χ0n) is 18.9. The van der Waals surface area contributed by atoms with Gasteiger partial charge in [-0.2, -0.15) is 5.10 Å². The molecular weight excluding hydrogens is 436 g/mol. The fourth-order valence-electron chi connectivity index (χ4n) is 4.27. The number of carboxylic acid groups (broad SMARTS) is 1. The molecule has 0 radical (unpaired) electrons. The molecule has 9 heteroatoms. The number of nitrogens with one attached hydrogen (secondary N) is 2. The van der Waals surface area contributed by atoms with Crippen molar-refractivity contribution in [1.82, 2.24) is 15.1 Å². The molecule has 34 heavy (non-hydrogen) atoms. The van der Waals surface area contributed by atoms with E-state index in [1.807, 2.05) is 43.3 Å². The first-order valence-corrected chi connectivity index (χ1v) is 11.1. The van der Waals surface area contributed by atoms with Gasteiger partial charge in [-0.05, 0) is 28.7 Å². The van der Waals surface area contributed by atoms with Gasteiger partial charge in [0.25, 0.3) is 0 Å². The zero-order chi connectivity index (χ0) is 24.2. The van der Waals surface area contributed by atoms with Gasteiger partial charge in [-0.15, -0.1) is 0 Å². The van der Waals surface area contributed by atoms with Crippen molar-refractivity contribution in [1.29, 1.82) is 0 Å². The Kier molecular flexibility index (Phi) is 6.62. The van der Waals surface area contributed by atoms with Gasteiger partial charge < -0.3 is 20.5 Å². The predicted octanol–water partition coefficient (Wildman–Crippen LogP) is 3.76. The van der Waals surface area contributed by atoms with Crippen LogP contribution in [-0.2, 0) is 16.6 Å². The molecule has 2 amide bonds. The van der Waals surface area contributed by atoms with Gasteiger partial charge >= 0.3 is 12.1 Å². The predicted molar refractivity (Wildman–Crippen MR) is 126 cm³/mol. The number of aromatic nitrogens is 2. The highest BCUT2D eigenvalue weighted by Crippen LogP contribution is 2.44. The number of anilines is 1. The van der Waals surface area contributed by atoms with Gasteiger partial charge in [-0.3, -0.25) is 9.48 Å². The fraction of sp³-hybridized carbons (Fsp3) is 0.280. The van der Waals surface area contributed by atoms with Crippen LogP contribution in [0.15, 0.2) is 54.7 Å². The van der Waals surface area contributed by atoms with Crippen LogP contribution in [0, 0.1) is 0 Å². The molecule has 9 nitrogen and oxygen atoms in total. The first-order chi connectivity index (χ1) is 16.4. The molecule has 3 aromatic rings. The van der Waals surface area contributed by atoms with E-state index in [9.17, 15) is 19.5 Å². The molecule has 1 aliphatic rings. The summed E-state index contributed by atoms with van der Waals surface area (Å²) in [7, 11) is 1.57. The average molecular weight is 463 g/mol. The molecule has 0 fully saturated rings. The summed E-state index contributed by atoms with van der Waals surface area (Å²) in [5.41, 5.74) is 4.39. The maximum atomic E-state index is 12.5. The summed E-state index contributed by atoms with van der Waals surface area (Å²) in [6.07, 6.45) is 1.28. The Balaban J connectivity index is 1.34. The van der Waals surface area contributed by atoms with Gasteiger partial charge in [-0.1, -0.05) is 55.5 Å². The number of rotatable bonds is 8. The summed E-state index contributed by atoms with van der Waals surface area (Å²) in [4.78, 5) is 36.3. The molecule has 176 valence electrons. The monoisotopic (exact) mass is 462 g/mol. The van der Waals surface area contributed by atoms with Gasteiger partial charge in [-0.25, -0.2) is 9.59 Å². The van der Waals surface area contributed by atoms with Crippen LogP contribution in [0.3, 0.4) is 0 Å². The number of hydrogen-bond acceptors (Lipinski definition) is 5. The minimum absolute atomic E-state index is 0.0331. The number of benzene rings is 2. The number of nitrogens with zero attached hydrogens (tertiary/aromatic N) is 2. The van der Waals surface area contributed by atoms with Crippen molar-refractivity contribution in [2.45, 2.75) is 31.7 Å². The Labute approximate surface area is 196 Å². The molecule has 1 aliphatic carbocycles. The Hall–Kier alpha value is -4.14. The molecule has 0 saturated heterocycles. The first-order valence-electron chi connectivity index (χ1n) is 11.1. The van der Waals surface area contributed by atoms with Crippen molar-refractivity contribution in [3.8, 4) is 11.1 Å². The van der Waals surface area contributed by atoms with E-state index in [4.69, 9.17) is 4.74 Å². The molecule has 4 rings (SSSR count). The Bertz CT molecular complexity index is 1190. The molecule has 1 heterocycles. The highest BCUT2D eigenvalue weighted by atomic mass is 16.5.